The van der Waals surface area contributed by atoms with Gasteiger partial charge in [-0.15, -0.1) is 11.6 Å². The molecule has 1 saturated carbocycles. The smallest absolute Gasteiger partial charge is 0.131 e. The lowest BCUT2D eigenvalue weighted by Crippen LogP contribution is -2.09. The van der Waals surface area contributed by atoms with Gasteiger partial charge in [-0.25, -0.2) is 9.97 Å². The fourth-order valence-corrected chi connectivity index (χ4v) is 3.01. The molecule has 1 aromatic heterocycles. The number of alkyl halides is 1. The molecule has 2 nitrogen and oxygen atoms in total. The van der Waals surface area contributed by atoms with Crippen LogP contribution in [0.5, 0.6) is 0 Å². The van der Waals surface area contributed by atoms with Crippen molar-refractivity contribution in [3.63, 3.8) is 0 Å². The number of rotatable bonds is 2. The van der Waals surface area contributed by atoms with Crippen molar-refractivity contribution >= 4 is 11.6 Å². The molecule has 1 aliphatic carbocycles. The van der Waals surface area contributed by atoms with E-state index in [2.05, 4.69) is 4.98 Å². The molecule has 18 heavy (non-hydrogen) atoms. The molecule has 1 aromatic rings. The van der Waals surface area contributed by atoms with Gasteiger partial charge in [-0.05, 0) is 26.7 Å². The van der Waals surface area contributed by atoms with Crippen molar-refractivity contribution in [2.45, 2.75) is 70.1 Å². The van der Waals surface area contributed by atoms with E-state index in [1.807, 2.05) is 20.0 Å². The third-order valence-electron chi connectivity index (χ3n) is 3.93. The van der Waals surface area contributed by atoms with Crippen LogP contribution in [0.4, 0.5) is 0 Å². The Morgan fingerprint density at radius 1 is 1.17 bits per heavy atom. The van der Waals surface area contributed by atoms with Crippen LogP contribution in [0.2, 0.25) is 0 Å². The largest absolute Gasteiger partial charge is 0.241 e. The molecule has 1 aliphatic rings. The number of hydrogen-bond donors (Lipinski definition) is 0. The molecule has 100 valence electrons. The number of hydrogen-bond acceptors (Lipinski definition) is 2. The van der Waals surface area contributed by atoms with Crippen LogP contribution in [0.3, 0.4) is 0 Å². The van der Waals surface area contributed by atoms with Crippen molar-refractivity contribution in [1.29, 1.82) is 0 Å². The zero-order valence-electron chi connectivity index (χ0n) is 11.5. The number of halogens is 1. The molecular formula is C15H23ClN2. The minimum absolute atomic E-state index is 0.00335. The average Bonchev–Trinajstić information content (AvgIpc) is 2.27. The maximum Gasteiger partial charge on any atom is 0.131 e. The minimum atomic E-state index is -0.00335. The van der Waals surface area contributed by atoms with Gasteiger partial charge in [0.25, 0.3) is 0 Å². The van der Waals surface area contributed by atoms with Gasteiger partial charge in [-0.2, -0.15) is 0 Å². The molecule has 0 spiro atoms. The lowest BCUT2D eigenvalue weighted by atomic mass is 9.90. The van der Waals surface area contributed by atoms with Crippen molar-refractivity contribution in [3.05, 3.63) is 23.3 Å². The van der Waals surface area contributed by atoms with Crippen LogP contribution in [0.25, 0.3) is 0 Å². The lowest BCUT2D eigenvalue weighted by Gasteiger charge is -2.19. The summed E-state index contributed by atoms with van der Waals surface area (Å²) in [7, 11) is 0. The first-order valence-corrected chi connectivity index (χ1v) is 7.59. The summed E-state index contributed by atoms with van der Waals surface area (Å²) in [5, 5.41) is -0.00335. The molecule has 3 heteroatoms. The zero-order valence-corrected chi connectivity index (χ0v) is 12.2. The van der Waals surface area contributed by atoms with Gasteiger partial charge in [0.15, 0.2) is 0 Å². The normalized spacial score (nSPS) is 20.2. The van der Waals surface area contributed by atoms with E-state index in [-0.39, 0.29) is 5.38 Å². The second-order valence-corrected chi connectivity index (χ2v) is 6.08. The minimum Gasteiger partial charge on any atom is -0.241 e. The molecule has 0 saturated heterocycles. The Morgan fingerprint density at radius 3 is 2.33 bits per heavy atom. The molecular weight excluding hydrogens is 244 g/mol. The third-order valence-corrected chi connectivity index (χ3v) is 4.17. The van der Waals surface area contributed by atoms with E-state index >= 15 is 0 Å². The van der Waals surface area contributed by atoms with Gasteiger partial charge >= 0.3 is 0 Å². The molecule has 0 aromatic carbocycles. The van der Waals surface area contributed by atoms with Crippen molar-refractivity contribution in [1.82, 2.24) is 9.97 Å². The third kappa shape index (κ3) is 3.44. The van der Waals surface area contributed by atoms with E-state index in [0.717, 1.165) is 17.1 Å². The molecule has 0 aliphatic heterocycles. The predicted molar refractivity (Wildman–Crippen MR) is 76.1 cm³/mol. The van der Waals surface area contributed by atoms with Gasteiger partial charge < -0.3 is 0 Å². The Morgan fingerprint density at radius 2 is 1.78 bits per heavy atom. The van der Waals surface area contributed by atoms with Crippen LogP contribution < -0.4 is 0 Å². The van der Waals surface area contributed by atoms with Gasteiger partial charge in [-0.1, -0.05) is 32.1 Å². The Hall–Kier alpha value is -0.630. The molecule has 1 heterocycles. The Kier molecular flexibility index (Phi) is 4.99. The number of nitrogens with zero attached hydrogens (tertiary/aromatic N) is 2. The van der Waals surface area contributed by atoms with E-state index in [1.165, 1.54) is 44.9 Å². The molecule has 2 rings (SSSR count). The first-order valence-electron chi connectivity index (χ1n) is 7.16. The van der Waals surface area contributed by atoms with Gasteiger partial charge in [-0.3, -0.25) is 0 Å². The Bertz CT molecular complexity index is 382. The monoisotopic (exact) mass is 266 g/mol. The first-order chi connectivity index (χ1) is 8.68. The van der Waals surface area contributed by atoms with Crippen LogP contribution >= 0.6 is 11.6 Å². The molecule has 0 amide bonds. The van der Waals surface area contributed by atoms with Crippen molar-refractivity contribution in [2.75, 3.05) is 0 Å². The summed E-state index contributed by atoms with van der Waals surface area (Å²) in [6, 6.07) is 0. The van der Waals surface area contributed by atoms with Crippen LogP contribution in [-0.2, 0) is 0 Å². The summed E-state index contributed by atoms with van der Waals surface area (Å²) in [5.41, 5.74) is 2.11. The van der Waals surface area contributed by atoms with Crippen molar-refractivity contribution in [3.8, 4) is 0 Å². The highest BCUT2D eigenvalue weighted by molar-refractivity contribution is 6.20. The fourth-order valence-electron chi connectivity index (χ4n) is 2.80. The number of aromatic nitrogens is 2. The molecule has 0 N–H and O–H groups in total. The van der Waals surface area contributed by atoms with E-state index in [9.17, 15) is 0 Å². The second-order valence-electron chi connectivity index (χ2n) is 5.43. The summed E-state index contributed by atoms with van der Waals surface area (Å²) in [4.78, 5) is 9.26. The highest BCUT2D eigenvalue weighted by atomic mass is 35.5. The SMILES string of the molecule is Cc1nc(C2CCCCCCC2)ncc1C(C)Cl. The van der Waals surface area contributed by atoms with E-state index in [0.29, 0.717) is 5.92 Å². The number of aryl methyl sites for hydroxylation is 1. The summed E-state index contributed by atoms with van der Waals surface area (Å²) in [6.45, 7) is 4.02. The molecule has 1 unspecified atom stereocenters. The summed E-state index contributed by atoms with van der Waals surface area (Å²) in [5.74, 6) is 1.60. The average molecular weight is 267 g/mol. The summed E-state index contributed by atoms with van der Waals surface area (Å²) in [6.07, 6.45) is 11.2. The van der Waals surface area contributed by atoms with Crippen molar-refractivity contribution in [2.24, 2.45) is 0 Å². The Balaban J connectivity index is 2.14. The highest BCUT2D eigenvalue weighted by Crippen LogP contribution is 2.30. The van der Waals surface area contributed by atoms with Gasteiger partial charge in [0.05, 0.1) is 5.38 Å². The van der Waals surface area contributed by atoms with E-state index in [4.69, 9.17) is 16.6 Å². The molecule has 1 atom stereocenters. The van der Waals surface area contributed by atoms with E-state index < -0.39 is 0 Å². The fraction of sp³-hybridized carbons (Fsp3) is 0.733. The standard InChI is InChI=1S/C15H23ClN2/c1-11(16)14-10-17-15(18-12(14)2)13-8-6-4-3-5-7-9-13/h10-11,13H,3-9H2,1-2H3. The van der Waals surface area contributed by atoms with Crippen LogP contribution in [-0.4, -0.2) is 9.97 Å². The summed E-state index contributed by atoms with van der Waals surface area (Å²) < 4.78 is 0. The predicted octanol–water partition coefficient (Wildman–Crippen LogP) is 4.91. The highest BCUT2D eigenvalue weighted by Gasteiger charge is 2.17. The van der Waals surface area contributed by atoms with Gasteiger partial charge in [0.1, 0.15) is 5.82 Å². The first kappa shape index (κ1) is 13.8. The van der Waals surface area contributed by atoms with Crippen LogP contribution in [0.15, 0.2) is 6.20 Å². The van der Waals surface area contributed by atoms with Crippen LogP contribution in [0.1, 0.15) is 80.2 Å². The maximum absolute atomic E-state index is 6.11. The zero-order chi connectivity index (χ0) is 13.0. The molecule has 1 fully saturated rings. The van der Waals surface area contributed by atoms with E-state index in [1.54, 1.807) is 0 Å². The topological polar surface area (TPSA) is 25.8 Å². The van der Waals surface area contributed by atoms with Gasteiger partial charge in [0, 0.05) is 23.4 Å². The van der Waals surface area contributed by atoms with Crippen molar-refractivity contribution < 1.29 is 0 Å². The van der Waals surface area contributed by atoms with Crippen LogP contribution in [0, 0.1) is 6.92 Å². The maximum atomic E-state index is 6.11. The molecule has 0 radical (unpaired) electrons. The second kappa shape index (κ2) is 6.51. The van der Waals surface area contributed by atoms with Gasteiger partial charge in [0.2, 0.25) is 0 Å². The molecule has 0 bridgehead atoms. The summed E-state index contributed by atoms with van der Waals surface area (Å²) >= 11 is 6.11. The Labute approximate surface area is 115 Å². The quantitative estimate of drug-likeness (QED) is 0.711. The lowest BCUT2D eigenvalue weighted by molar-refractivity contribution is 0.441.